The van der Waals surface area contributed by atoms with Gasteiger partial charge in [0, 0.05) is 25.3 Å². The van der Waals surface area contributed by atoms with Gasteiger partial charge in [-0.25, -0.2) is 0 Å². The topological polar surface area (TPSA) is 18.5 Å². The highest BCUT2D eigenvalue weighted by Gasteiger charge is 2.28. The largest absolute Gasteiger partial charge is 0.339 e. The van der Waals surface area contributed by atoms with E-state index in [1.807, 2.05) is 0 Å². The zero-order valence-corrected chi connectivity index (χ0v) is 15.2. The maximum absolute atomic E-state index is 5.78. The molecule has 0 unspecified atom stereocenters. The Morgan fingerprint density at radius 1 is 1.08 bits per heavy atom. The van der Waals surface area contributed by atoms with E-state index < -0.39 is 0 Å². The zero-order chi connectivity index (χ0) is 16.9. The smallest absolute Gasteiger partial charge is 0.174 e. The molecule has 1 atom stereocenters. The molecule has 1 fully saturated rings. The van der Waals surface area contributed by atoms with Crippen LogP contribution in [0.3, 0.4) is 0 Å². The number of benzene rings is 2. The minimum Gasteiger partial charge on any atom is -0.339 e. The summed E-state index contributed by atoms with van der Waals surface area (Å²) in [5.41, 5.74) is 3.73. The molecule has 0 bridgehead atoms. The summed E-state index contributed by atoms with van der Waals surface area (Å²) in [6, 6.07) is 19.4. The molecule has 0 saturated carbocycles. The Morgan fingerprint density at radius 3 is 2.54 bits per heavy atom. The van der Waals surface area contributed by atoms with Crippen molar-refractivity contribution in [2.24, 2.45) is 0 Å². The van der Waals surface area contributed by atoms with Crippen molar-refractivity contribution in [1.29, 1.82) is 0 Å². The number of para-hydroxylation sites is 1. The fraction of sp³-hybridized carbons (Fsp3) is 0.350. The minimum absolute atomic E-state index is 0.290. The van der Waals surface area contributed by atoms with E-state index in [-0.39, 0.29) is 0 Å². The van der Waals surface area contributed by atoms with Crippen molar-refractivity contribution in [2.45, 2.75) is 19.4 Å². The first kappa shape index (κ1) is 16.9. The molecule has 24 heavy (non-hydrogen) atoms. The molecule has 1 saturated heterocycles. The van der Waals surface area contributed by atoms with E-state index in [1.54, 1.807) is 0 Å². The van der Waals surface area contributed by atoms with E-state index in [9.17, 15) is 0 Å². The van der Waals surface area contributed by atoms with Gasteiger partial charge in [0.05, 0.1) is 6.04 Å². The molecule has 4 heteroatoms. The summed E-state index contributed by atoms with van der Waals surface area (Å²) < 4.78 is 0. The Hall–Kier alpha value is -1.91. The third kappa shape index (κ3) is 3.77. The predicted molar refractivity (Wildman–Crippen MR) is 105 cm³/mol. The maximum atomic E-state index is 5.78. The van der Waals surface area contributed by atoms with E-state index in [1.165, 1.54) is 11.1 Å². The van der Waals surface area contributed by atoms with Crippen molar-refractivity contribution >= 4 is 23.0 Å². The predicted octanol–water partition coefficient (Wildman–Crippen LogP) is 3.93. The second kappa shape index (κ2) is 7.77. The highest BCUT2D eigenvalue weighted by Crippen LogP contribution is 2.26. The van der Waals surface area contributed by atoms with Gasteiger partial charge in [-0.15, -0.1) is 0 Å². The van der Waals surface area contributed by atoms with Gasteiger partial charge in [0.1, 0.15) is 0 Å². The van der Waals surface area contributed by atoms with Crippen LogP contribution in [0, 0.1) is 0 Å². The number of thiocarbonyl (C=S) groups is 1. The van der Waals surface area contributed by atoms with Crippen LogP contribution in [0.4, 0.5) is 5.69 Å². The van der Waals surface area contributed by atoms with Gasteiger partial charge >= 0.3 is 0 Å². The number of hydrogen-bond acceptors (Lipinski definition) is 2. The number of anilines is 1. The molecular weight excluding hydrogens is 314 g/mol. The van der Waals surface area contributed by atoms with Crippen LogP contribution in [0.5, 0.6) is 0 Å². The molecule has 1 aliphatic rings. The molecule has 0 radical (unpaired) electrons. The van der Waals surface area contributed by atoms with E-state index >= 15 is 0 Å². The molecule has 126 valence electrons. The second-order valence-corrected chi connectivity index (χ2v) is 6.71. The monoisotopic (exact) mass is 339 g/mol. The van der Waals surface area contributed by atoms with Gasteiger partial charge in [0.2, 0.25) is 0 Å². The third-order valence-electron chi connectivity index (χ3n) is 4.67. The molecule has 3 rings (SSSR count). The van der Waals surface area contributed by atoms with E-state index in [0.717, 1.165) is 36.9 Å². The molecular formula is C20H25N3S. The van der Waals surface area contributed by atoms with E-state index in [4.69, 9.17) is 12.2 Å². The van der Waals surface area contributed by atoms with Crippen molar-refractivity contribution in [2.75, 3.05) is 32.0 Å². The van der Waals surface area contributed by atoms with Crippen molar-refractivity contribution < 1.29 is 0 Å². The average molecular weight is 340 g/mol. The van der Waals surface area contributed by atoms with Gasteiger partial charge in [-0.1, -0.05) is 55.5 Å². The minimum atomic E-state index is 0.290. The van der Waals surface area contributed by atoms with E-state index in [2.05, 4.69) is 83.7 Å². The van der Waals surface area contributed by atoms with Crippen molar-refractivity contribution in [1.82, 2.24) is 9.80 Å². The van der Waals surface area contributed by atoms with Crippen molar-refractivity contribution in [3.8, 4) is 0 Å². The lowest BCUT2D eigenvalue weighted by Gasteiger charge is -2.42. The standard InChI is InChI=1S/C20H25N3S/c1-3-16-9-7-8-12-18(16)21-20(24)23-14-13-22(2)15-19(23)17-10-5-4-6-11-17/h4-12,19H,3,13-15H2,1-2H3,(H,21,24)/t19-/m1/s1. The molecule has 0 aromatic heterocycles. The Labute approximate surface area is 150 Å². The normalized spacial score (nSPS) is 18.4. The molecule has 2 aromatic rings. The molecule has 0 aliphatic carbocycles. The van der Waals surface area contributed by atoms with Crippen LogP contribution >= 0.6 is 12.2 Å². The van der Waals surface area contributed by atoms with Gasteiger partial charge in [-0.3, -0.25) is 0 Å². The summed E-state index contributed by atoms with van der Waals surface area (Å²) in [5, 5.41) is 4.30. The van der Waals surface area contributed by atoms with Crippen LogP contribution in [-0.2, 0) is 6.42 Å². The van der Waals surface area contributed by atoms with Crippen molar-refractivity contribution in [3.63, 3.8) is 0 Å². The lowest BCUT2D eigenvalue weighted by molar-refractivity contribution is 0.153. The molecule has 1 heterocycles. The van der Waals surface area contributed by atoms with Gasteiger partial charge in [-0.05, 0) is 42.9 Å². The highest BCUT2D eigenvalue weighted by molar-refractivity contribution is 7.80. The molecule has 1 aliphatic heterocycles. The lowest BCUT2D eigenvalue weighted by Crippen LogP contribution is -2.50. The third-order valence-corrected chi connectivity index (χ3v) is 5.01. The number of hydrogen-bond donors (Lipinski definition) is 1. The van der Waals surface area contributed by atoms with Gasteiger partial charge in [0.25, 0.3) is 0 Å². The number of likely N-dealkylation sites (N-methyl/N-ethyl adjacent to an activating group) is 1. The molecule has 2 aromatic carbocycles. The zero-order valence-electron chi connectivity index (χ0n) is 14.4. The van der Waals surface area contributed by atoms with Crippen LogP contribution in [-0.4, -0.2) is 41.6 Å². The SMILES string of the molecule is CCc1ccccc1NC(=S)N1CCN(C)C[C@@H]1c1ccccc1. The maximum Gasteiger partial charge on any atom is 0.174 e. The quantitative estimate of drug-likeness (QED) is 0.854. The molecule has 0 amide bonds. The van der Waals surface area contributed by atoms with Crippen LogP contribution in [0.15, 0.2) is 54.6 Å². The van der Waals surface area contributed by atoms with Crippen LogP contribution in [0.2, 0.25) is 0 Å². The summed E-state index contributed by atoms with van der Waals surface area (Å²) in [4.78, 5) is 4.70. The Kier molecular flexibility index (Phi) is 5.48. The summed E-state index contributed by atoms with van der Waals surface area (Å²) in [5.74, 6) is 0. The van der Waals surface area contributed by atoms with E-state index in [0.29, 0.717) is 6.04 Å². The van der Waals surface area contributed by atoms with Crippen LogP contribution < -0.4 is 5.32 Å². The number of piperazine rings is 1. The first-order valence-corrected chi connectivity index (χ1v) is 8.99. The number of nitrogens with zero attached hydrogens (tertiary/aromatic N) is 2. The molecule has 0 spiro atoms. The number of rotatable bonds is 3. The lowest BCUT2D eigenvalue weighted by atomic mass is 10.0. The first-order chi connectivity index (χ1) is 11.7. The first-order valence-electron chi connectivity index (χ1n) is 8.58. The summed E-state index contributed by atoms with van der Waals surface area (Å²) in [6.45, 7) is 5.13. The van der Waals surface area contributed by atoms with Gasteiger partial charge in [-0.2, -0.15) is 0 Å². The Bertz CT molecular complexity index is 686. The molecule has 3 nitrogen and oxygen atoms in total. The fourth-order valence-electron chi connectivity index (χ4n) is 3.26. The second-order valence-electron chi connectivity index (χ2n) is 6.32. The average Bonchev–Trinajstić information content (AvgIpc) is 2.62. The summed E-state index contributed by atoms with van der Waals surface area (Å²) in [7, 11) is 2.18. The van der Waals surface area contributed by atoms with Gasteiger partial charge < -0.3 is 15.1 Å². The van der Waals surface area contributed by atoms with Crippen molar-refractivity contribution in [3.05, 3.63) is 65.7 Å². The van der Waals surface area contributed by atoms with Crippen LogP contribution in [0.1, 0.15) is 24.1 Å². The Morgan fingerprint density at radius 2 is 1.79 bits per heavy atom. The van der Waals surface area contributed by atoms with Crippen LogP contribution in [0.25, 0.3) is 0 Å². The summed E-state index contributed by atoms with van der Waals surface area (Å²) >= 11 is 5.78. The summed E-state index contributed by atoms with van der Waals surface area (Å²) in [6.07, 6.45) is 0.997. The Balaban J connectivity index is 1.81. The number of aryl methyl sites for hydroxylation is 1. The van der Waals surface area contributed by atoms with Gasteiger partial charge in [0.15, 0.2) is 5.11 Å². The number of nitrogens with one attached hydrogen (secondary N) is 1. The fourth-order valence-corrected chi connectivity index (χ4v) is 3.59. The molecule has 1 N–H and O–H groups in total. The highest BCUT2D eigenvalue weighted by atomic mass is 32.1.